The summed E-state index contributed by atoms with van der Waals surface area (Å²) in [4.78, 5) is 0. The molecule has 0 radical (unpaired) electrons. The summed E-state index contributed by atoms with van der Waals surface area (Å²) >= 11 is 0. The second kappa shape index (κ2) is 6.13. The van der Waals surface area contributed by atoms with Gasteiger partial charge in [-0.1, -0.05) is 13.8 Å². The zero-order valence-corrected chi connectivity index (χ0v) is 12.0. The van der Waals surface area contributed by atoms with Crippen molar-refractivity contribution in [3.8, 4) is 11.3 Å². The first-order valence-electron chi connectivity index (χ1n) is 6.66. The zero-order chi connectivity index (χ0) is 14.7. The number of hydrogen-bond donors (Lipinski definition) is 1. The lowest BCUT2D eigenvalue weighted by atomic mass is 10.1. The molecular formula is C15H19F2N3. The Labute approximate surface area is 117 Å². The van der Waals surface area contributed by atoms with Gasteiger partial charge in [0, 0.05) is 37.0 Å². The van der Waals surface area contributed by atoms with Crippen LogP contribution in [0.25, 0.3) is 11.3 Å². The molecule has 3 nitrogen and oxygen atoms in total. The predicted octanol–water partition coefficient (Wildman–Crippen LogP) is 3.11. The number of nitrogens with zero attached hydrogens (tertiary/aromatic N) is 2. The van der Waals surface area contributed by atoms with Gasteiger partial charge < -0.3 is 5.32 Å². The van der Waals surface area contributed by atoms with Gasteiger partial charge in [-0.2, -0.15) is 5.10 Å². The largest absolute Gasteiger partial charge is 0.312 e. The van der Waals surface area contributed by atoms with E-state index in [1.165, 1.54) is 12.1 Å². The van der Waals surface area contributed by atoms with E-state index in [0.29, 0.717) is 23.7 Å². The van der Waals surface area contributed by atoms with E-state index in [2.05, 4.69) is 24.3 Å². The van der Waals surface area contributed by atoms with Gasteiger partial charge in [0.15, 0.2) is 0 Å². The Bertz CT molecular complexity index is 591. The smallest absolute Gasteiger partial charge is 0.135 e. The lowest BCUT2D eigenvalue weighted by Crippen LogP contribution is -2.19. The number of nitrogens with one attached hydrogen (secondary N) is 1. The molecule has 1 heterocycles. The summed E-state index contributed by atoms with van der Waals surface area (Å²) in [6.07, 6.45) is 1.85. The van der Waals surface area contributed by atoms with Crippen LogP contribution >= 0.6 is 0 Å². The van der Waals surface area contributed by atoms with E-state index >= 15 is 0 Å². The summed E-state index contributed by atoms with van der Waals surface area (Å²) in [7, 11) is 1.79. The molecule has 0 aliphatic carbocycles. The minimum absolute atomic E-state index is 0.327. The lowest BCUT2D eigenvalue weighted by molar-refractivity contribution is 0.552. The molecular weight excluding hydrogens is 260 g/mol. The third kappa shape index (κ3) is 3.42. The SMILES string of the molecule is CC(C)CNCc1cn(C)nc1-c1ccc(F)cc1F. The molecule has 1 aromatic carbocycles. The van der Waals surface area contributed by atoms with Gasteiger partial charge in [-0.15, -0.1) is 0 Å². The van der Waals surface area contributed by atoms with Gasteiger partial charge >= 0.3 is 0 Å². The van der Waals surface area contributed by atoms with Crippen molar-refractivity contribution >= 4 is 0 Å². The highest BCUT2D eigenvalue weighted by Gasteiger charge is 2.14. The molecule has 0 aliphatic heterocycles. The normalized spacial score (nSPS) is 11.3. The second-order valence-corrected chi connectivity index (χ2v) is 5.33. The van der Waals surface area contributed by atoms with E-state index in [4.69, 9.17) is 0 Å². The monoisotopic (exact) mass is 279 g/mol. The molecule has 0 aliphatic rings. The van der Waals surface area contributed by atoms with Gasteiger partial charge in [0.1, 0.15) is 11.6 Å². The Hall–Kier alpha value is -1.75. The van der Waals surface area contributed by atoms with Gasteiger partial charge in [0.25, 0.3) is 0 Å². The van der Waals surface area contributed by atoms with Crippen molar-refractivity contribution in [2.24, 2.45) is 13.0 Å². The summed E-state index contributed by atoms with van der Waals surface area (Å²) in [6, 6.07) is 3.56. The number of aromatic nitrogens is 2. The summed E-state index contributed by atoms with van der Waals surface area (Å²) in [5, 5.41) is 7.59. The Kier molecular flexibility index (Phi) is 4.49. The van der Waals surface area contributed by atoms with Crippen molar-refractivity contribution in [1.29, 1.82) is 0 Å². The maximum atomic E-state index is 13.9. The summed E-state index contributed by atoms with van der Waals surface area (Å²) in [5.41, 5.74) is 1.79. The maximum absolute atomic E-state index is 13.9. The van der Waals surface area contributed by atoms with E-state index in [1.54, 1.807) is 11.7 Å². The van der Waals surface area contributed by atoms with Crippen molar-refractivity contribution in [3.63, 3.8) is 0 Å². The highest BCUT2D eigenvalue weighted by molar-refractivity contribution is 5.63. The minimum Gasteiger partial charge on any atom is -0.312 e. The number of halogens is 2. The van der Waals surface area contributed by atoms with Crippen LogP contribution in [0.4, 0.5) is 8.78 Å². The highest BCUT2D eigenvalue weighted by Crippen LogP contribution is 2.25. The van der Waals surface area contributed by atoms with Gasteiger partial charge in [0.05, 0.1) is 5.69 Å². The molecule has 0 bridgehead atoms. The number of benzene rings is 1. The van der Waals surface area contributed by atoms with Crippen molar-refractivity contribution in [1.82, 2.24) is 15.1 Å². The fourth-order valence-electron chi connectivity index (χ4n) is 2.07. The molecule has 0 saturated carbocycles. The van der Waals surface area contributed by atoms with E-state index in [0.717, 1.165) is 18.2 Å². The lowest BCUT2D eigenvalue weighted by Gasteiger charge is -2.08. The van der Waals surface area contributed by atoms with Crippen molar-refractivity contribution < 1.29 is 8.78 Å². The predicted molar refractivity (Wildman–Crippen MR) is 75.1 cm³/mol. The standard InChI is InChI=1S/C15H19F2N3/c1-10(2)7-18-8-11-9-20(3)19-15(11)13-5-4-12(16)6-14(13)17/h4-6,9-10,18H,7-8H2,1-3H3. The van der Waals surface area contributed by atoms with Crippen LogP contribution in [-0.2, 0) is 13.6 Å². The molecule has 0 unspecified atom stereocenters. The van der Waals surface area contributed by atoms with Crippen LogP contribution in [0.15, 0.2) is 24.4 Å². The summed E-state index contributed by atoms with van der Waals surface area (Å²) in [5.74, 6) is -0.631. The van der Waals surface area contributed by atoms with Gasteiger partial charge in [-0.3, -0.25) is 4.68 Å². The molecule has 1 aromatic heterocycles. The third-order valence-electron chi connectivity index (χ3n) is 2.96. The van der Waals surface area contributed by atoms with Gasteiger partial charge in [0.2, 0.25) is 0 Å². The Morgan fingerprint density at radius 1 is 1.30 bits per heavy atom. The third-order valence-corrected chi connectivity index (χ3v) is 2.96. The summed E-state index contributed by atoms with van der Waals surface area (Å²) < 4.78 is 28.5. The van der Waals surface area contributed by atoms with Crippen LogP contribution in [0.1, 0.15) is 19.4 Å². The number of rotatable bonds is 5. The molecule has 5 heteroatoms. The number of hydrogen-bond acceptors (Lipinski definition) is 2. The van der Waals surface area contributed by atoms with Crippen LogP contribution in [-0.4, -0.2) is 16.3 Å². The molecule has 20 heavy (non-hydrogen) atoms. The molecule has 0 fully saturated rings. The van der Waals surface area contributed by atoms with E-state index < -0.39 is 11.6 Å². The molecule has 2 aromatic rings. The molecule has 0 amide bonds. The zero-order valence-electron chi connectivity index (χ0n) is 12.0. The van der Waals surface area contributed by atoms with E-state index in [1.807, 2.05) is 6.20 Å². The molecule has 0 spiro atoms. The van der Waals surface area contributed by atoms with Crippen molar-refractivity contribution in [3.05, 3.63) is 41.6 Å². The molecule has 0 saturated heterocycles. The second-order valence-electron chi connectivity index (χ2n) is 5.33. The Morgan fingerprint density at radius 3 is 2.70 bits per heavy atom. The van der Waals surface area contributed by atoms with E-state index in [9.17, 15) is 8.78 Å². The quantitative estimate of drug-likeness (QED) is 0.911. The first-order chi connectivity index (χ1) is 9.47. The van der Waals surface area contributed by atoms with Gasteiger partial charge in [-0.05, 0) is 24.6 Å². The fourth-order valence-corrected chi connectivity index (χ4v) is 2.07. The van der Waals surface area contributed by atoms with Crippen LogP contribution in [0.5, 0.6) is 0 Å². The highest BCUT2D eigenvalue weighted by atomic mass is 19.1. The van der Waals surface area contributed by atoms with Gasteiger partial charge in [-0.25, -0.2) is 8.78 Å². The van der Waals surface area contributed by atoms with Crippen LogP contribution in [0, 0.1) is 17.6 Å². The average Bonchev–Trinajstić information content (AvgIpc) is 2.70. The Balaban J connectivity index is 2.27. The minimum atomic E-state index is -0.589. The Morgan fingerprint density at radius 2 is 2.05 bits per heavy atom. The molecule has 2 rings (SSSR count). The topological polar surface area (TPSA) is 29.9 Å². The average molecular weight is 279 g/mol. The van der Waals surface area contributed by atoms with Crippen molar-refractivity contribution in [2.45, 2.75) is 20.4 Å². The van der Waals surface area contributed by atoms with E-state index in [-0.39, 0.29) is 0 Å². The molecule has 1 N–H and O–H groups in total. The van der Waals surface area contributed by atoms with Crippen LogP contribution < -0.4 is 5.32 Å². The summed E-state index contributed by atoms with van der Waals surface area (Å²) in [6.45, 7) is 5.73. The van der Waals surface area contributed by atoms with Crippen LogP contribution in [0.3, 0.4) is 0 Å². The fraction of sp³-hybridized carbons (Fsp3) is 0.400. The molecule has 0 atom stereocenters. The van der Waals surface area contributed by atoms with Crippen LogP contribution in [0.2, 0.25) is 0 Å². The molecule has 108 valence electrons. The van der Waals surface area contributed by atoms with Crippen molar-refractivity contribution in [2.75, 3.05) is 6.54 Å². The number of aryl methyl sites for hydroxylation is 1. The first kappa shape index (κ1) is 14.7. The first-order valence-corrected chi connectivity index (χ1v) is 6.66. The maximum Gasteiger partial charge on any atom is 0.135 e.